The number of aliphatic hydroxyl groups is 2. The summed E-state index contributed by atoms with van der Waals surface area (Å²) in [6.45, 7) is 5.62. The maximum absolute atomic E-state index is 13.7. The van der Waals surface area contributed by atoms with Gasteiger partial charge in [0.15, 0.2) is 0 Å². The molecule has 0 saturated heterocycles. The highest BCUT2D eigenvalue weighted by Gasteiger charge is 2.45. The van der Waals surface area contributed by atoms with E-state index < -0.39 is 59.3 Å². The second kappa shape index (κ2) is 19.2. The van der Waals surface area contributed by atoms with Crippen molar-refractivity contribution >= 4 is 6.09 Å². The maximum Gasteiger partial charge on any atom is 0.407 e. The molecule has 0 aromatic heterocycles. The maximum atomic E-state index is 13.7. The topological polar surface area (TPSA) is 129 Å². The summed E-state index contributed by atoms with van der Waals surface area (Å²) < 4.78 is 59.2. The number of halogens is 4. The number of nitrogens with two attached hydrogens (primary N) is 1. The Morgan fingerprint density at radius 1 is 0.729 bits per heavy atom. The lowest BCUT2D eigenvalue weighted by Crippen LogP contribution is -2.51. The van der Waals surface area contributed by atoms with Crippen molar-refractivity contribution in [1.29, 1.82) is 0 Å². The number of rotatable bonds is 15. The summed E-state index contributed by atoms with van der Waals surface area (Å²) in [5.74, 6) is 2.51. The standard InChI is InChI=1S/C26H30F2N2O3.C21H22F2N2O/c1-5-17-7-6-8-19(11-17)26(9-10-26)29-16-23(31)22(30-24(32)33-25(2,3)4)14-18-12-20(27)15-21(28)13-18;1-2-14-4-3-5-16(8-14)21(6-7-21)25-13-20(26)19(24)11-15-9-17(22)12-18(23)10-15/h1,6-8,11-13,15,22-23,29,31H,9-10,14,16H2,2-4H3,(H,30,32);1,3-5,8-10,12,19-20,25-26H,6-7,11,13,24H2/t22-,23+;19-,20+/m00/s1. The Morgan fingerprint density at radius 2 is 1.15 bits per heavy atom. The van der Waals surface area contributed by atoms with Crippen LogP contribution in [0.2, 0.25) is 0 Å². The summed E-state index contributed by atoms with van der Waals surface area (Å²) in [6.07, 6.45) is 12.3. The van der Waals surface area contributed by atoms with Crippen LogP contribution in [-0.4, -0.2) is 59.3 Å². The van der Waals surface area contributed by atoms with E-state index in [0.29, 0.717) is 17.7 Å². The highest BCUT2D eigenvalue weighted by Crippen LogP contribution is 2.46. The van der Waals surface area contributed by atoms with Crippen molar-refractivity contribution in [1.82, 2.24) is 16.0 Å². The highest BCUT2D eigenvalue weighted by atomic mass is 19.1. The van der Waals surface area contributed by atoms with E-state index in [1.807, 2.05) is 48.5 Å². The molecule has 0 bridgehead atoms. The summed E-state index contributed by atoms with van der Waals surface area (Å²) in [5.41, 5.74) is 9.28. The van der Waals surface area contributed by atoms with Gasteiger partial charge in [0.2, 0.25) is 0 Å². The second-order valence-electron chi connectivity index (χ2n) is 16.4. The number of amides is 1. The molecule has 2 aliphatic carbocycles. The van der Waals surface area contributed by atoms with Gasteiger partial charge in [-0.2, -0.15) is 0 Å². The number of carbonyl (C=O) groups is 1. The molecule has 12 heteroatoms. The van der Waals surface area contributed by atoms with Crippen molar-refractivity contribution in [2.45, 2.75) is 100 Å². The number of hydrogen-bond donors (Lipinski definition) is 6. The van der Waals surface area contributed by atoms with Gasteiger partial charge in [-0.25, -0.2) is 22.4 Å². The quantitative estimate of drug-likeness (QED) is 0.0600. The average molecular weight is 813 g/mol. The third-order valence-corrected chi connectivity index (χ3v) is 10.4. The minimum atomic E-state index is -1.04. The first-order chi connectivity index (χ1) is 27.9. The van der Waals surface area contributed by atoms with Gasteiger partial charge in [-0.05, 0) is 130 Å². The average Bonchev–Trinajstić information content (AvgIpc) is 4.11. The van der Waals surface area contributed by atoms with Gasteiger partial charge in [-0.1, -0.05) is 36.1 Å². The lowest BCUT2D eigenvalue weighted by atomic mass is 9.99. The van der Waals surface area contributed by atoms with Crippen molar-refractivity contribution in [3.05, 3.63) is 142 Å². The van der Waals surface area contributed by atoms with Gasteiger partial charge in [-0.3, -0.25) is 0 Å². The van der Waals surface area contributed by atoms with E-state index in [9.17, 15) is 32.6 Å². The van der Waals surface area contributed by atoms with Crippen LogP contribution >= 0.6 is 0 Å². The predicted octanol–water partition coefficient (Wildman–Crippen LogP) is 6.48. The van der Waals surface area contributed by atoms with E-state index in [0.717, 1.165) is 60.1 Å². The second-order valence-corrected chi connectivity index (χ2v) is 16.4. The number of carbonyl (C=O) groups excluding carboxylic acids is 1. The molecular formula is C47H52F4N4O4. The fourth-order valence-corrected chi connectivity index (χ4v) is 6.95. The zero-order chi connectivity index (χ0) is 43.0. The number of nitrogens with one attached hydrogen (secondary N) is 3. The van der Waals surface area contributed by atoms with Crippen LogP contribution in [0.5, 0.6) is 0 Å². The number of benzene rings is 4. The van der Waals surface area contributed by atoms with E-state index in [-0.39, 0.29) is 30.5 Å². The van der Waals surface area contributed by atoms with E-state index in [4.69, 9.17) is 23.3 Å². The van der Waals surface area contributed by atoms with Gasteiger partial charge in [0.25, 0.3) is 0 Å². The van der Waals surface area contributed by atoms with Crippen molar-refractivity contribution in [3.63, 3.8) is 0 Å². The Labute approximate surface area is 344 Å². The summed E-state index contributed by atoms with van der Waals surface area (Å²) in [6, 6.07) is 20.4. The molecule has 0 radical (unpaired) electrons. The Morgan fingerprint density at radius 3 is 1.56 bits per heavy atom. The first-order valence-electron chi connectivity index (χ1n) is 19.6. The molecule has 7 N–H and O–H groups in total. The third-order valence-electron chi connectivity index (χ3n) is 10.4. The first kappa shape index (κ1) is 44.9. The Bertz CT molecular complexity index is 2130. The van der Waals surface area contributed by atoms with Crippen LogP contribution in [0.25, 0.3) is 0 Å². The number of alkyl carbamates (subject to hydrolysis) is 1. The molecule has 0 heterocycles. The Hall–Kier alpha value is -5.21. The van der Waals surface area contributed by atoms with Gasteiger partial charge in [0.05, 0.1) is 18.2 Å². The molecule has 4 aromatic rings. The van der Waals surface area contributed by atoms with E-state index in [1.165, 1.54) is 24.3 Å². The zero-order valence-electron chi connectivity index (χ0n) is 33.5. The number of aliphatic hydroxyl groups excluding tert-OH is 2. The summed E-state index contributed by atoms with van der Waals surface area (Å²) >= 11 is 0. The number of ether oxygens (including phenoxy) is 1. The molecule has 4 aromatic carbocycles. The molecular weight excluding hydrogens is 761 g/mol. The molecule has 2 aliphatic rings. The van der Waals surface area contributed by atoms with E-state index >= 15 is 0 Å². The lowest BCUT2D eigenvalue weighted by molar-refractivity contribution is 0.0419. The normalized spacial score (nSPS) is 16.8. The molecule has 0 aliphatic heterocycles. The minimum absolute atomic E-state index is 0.0242. The van der Waals surface area contributed by atoms with Crippen LogP contribution in [0.15, 0.2) is 84.9 Å². The summed E-state index contributed by atoms with van der Waals surface area (Å²) in [4.78, 5) is 12.4. The highest BCUT2D eigenvalue weighted by molar-refractivity contribution is 5.68. The minimum Gasteiger partial charge on any atom is -0.444 e. The molecule has 2 saturated carbocycles. The third kappa shape index (κ3) is 13.1. The fraction of sp³-hybridized carbons (Fsp3) is 0.383. The fourth-order valence-electron chi connectivity index (χ4n) is 6.95. The number of hydrogen-bond acceptors (Lipinski definition) is 7. The van der Waals surface area contributed by atoms with Gasteiger partial charge >= 0.3 is 6.09 Å². The Balaban J connectivity index is 0.000000230. The zero-order valence-corrected chi connectivity index (χ0v) is 33.5. The molecule has 4 atom stereocenters. The van der Waals surface area contributed by atoms with Crippen LogP contribution in [-0.2, 0) is 28.7 Å². The molecule has 0 unspecified atom stereocenters. The number of terminal acetylenes is 2. The van der Waals surface area contributed by atoms with Crippen molar-refractivity contribution in [3.8, 4) is 24.7 Å². The van der Waals surface area contributed by atoms with Gasteiger partial charge < -0.3 is 36.6 Å². The van der Waals surface area contributed by atoms with E-state index in [1.54, 1.807) is 20.8 Å². The molecule has 1 amide bonds. The van der Waals surface area contributed by atoms with Crippen LogP contribution in [0.1, 0.15) is 79.8 Å². The summed E-state index contributed by atoms with van der Waals surface area (Å²) in [5, 5.41) is 30.7. The van der Waals surface area contributed by atoms with Gasteiger partial charge in [0.1, 0.15) is 28.9 Å². The predicted molar refractivity (Wildman–Crippen MR) is 220 cm³/mol. The molecule has 0 spiro atoms. The SMILES string of the molecule is C#Cc1cccc(C2(NC[C@@H](O)[C@@H](N)Cc3cc(F)cc(F)c3)CC2)c1.C#Cc1cccc(C2(NC[C@@H](O)[C@H](Cc3cc(F)cc(F)c3)NC(=O)OC(C)(C)C)CC2)c1. The monoisotopic (exact) mass is 812 g/mol. The van der Waals surface area contributed by atoms with Gasteiger partial charge in [-0.15, -0.1) is 12.8 Å². The smallest absolute Gasteiger partial charge is 0.407 e. The van der Waals surface area contributed by atoms with Gasteiger partial charge in [0, 0.05) is 53.5 Å². The Kier molecular flexibility index (Phi) is 14.6. The molecule has 8 nitrogen and oxygen atoms in total. The molecule has 2 fully saturated rings. The van der Waals surface area contributed by atoms with Crippen LogP contribution in [0.4, 0.5) is 22.4 Å². The molecule has 6 rings (SSSR count). The van der Waals surface area contributed by atoms with Crippen LogP contribution in [0, 0.1) is 48.0 Å². The largest absolute Gasteiger partial charge is 0.444 e. The van der Waals surface area contributed by atoms with Crippen LogP contribution in [0.3, 0.4) is 0 Å². The van der Waals surface area contributed by atoms with Crippen molar-refractivity contribution in [2.24, 2.45) is 5.73 Å². The summed E-state index contributed by atoms with van der Waals surface area (Å²) in [7, 11) is 0. The van der Waals surface area contributed by atoms with Crippen molar-refractivity contribution < 1.29 is 37.3 Å². The van der Waals surface area contributed by atoms with E-state index in [2.05, 4.69) is 27.8 Å². The molecule has 59 heavy (non-hydrogen) atoms. The molecule has 312 valence electrons. The lowest BCUT2D eigenvalue weighted by Gasteiger charge is -2.28. The van der Waals surface area contributed by atoms with Crippen molar-refractivity contribution in [2.75, 3.05) is 13.1 Å². The van der Waals surface area contributed by atoms with Crippen LogP contribution < -0.4 is 21.7 Å². The first-order valence-corrected chi connectivity index (χ1v) is 19.6.